The van der Waals surface area contributed by atoms with Crippen molar-refractivity contribution in [3.63, 3.8) is 0 Å². The molecule has 41 heavy (non-hydrogen) atoms. The van der Waals surface area contributed by atoms with Gasteiger partial charge in [0.2, 0.25) is 0 Å². The van der Waals surface area contributed by atoms with Gasteiger partial charge in [0.1, 0.15) is 13.2 Å². The highest BCUT2D eigenvalue weighted by molar-refractivity contribution is 7.21. The van der Waals surface area contributed by atoms with Crippen LogP contribution < -0.4 is 18.9 Å². The quantitative estimate of drug-likeness (QED) is 0.126. The highest BCUT2D eigenvalue weighted by Gasteiger charge is 2.21. The minimum Gasteiger partial charge on any atom is -0.493 e. The number of carboxylic acids is 2. The number of ether oxygens (including phenoxy) is 4. The topological polar surface area (TPSA) is 146 Å². The number of halogens is 1. The Labute approximate surface area is 240 Å². The number of Topliss-reactive ketones (excluding diaryl/α,β-unsaturated/α-hetero) is 2. The Bertz CT molecular complexity index is 1640. The summed E-state index contributed by atoms with van der Waals surface area (Å²) in [4.78, 5) is 46.9. The molecule has 2 heterocycles. The van der Waals surface area contributed by atoms with Crippen LogP contribution in [0.15, 0.2) is 30.3 Å². The predicted molar refractivity (Wildman–Crippen MR) is 150 cm³/mol. The molecule has 0 spiro atoms. The van der Waals surface area contributed by atoms with Crippen LogP contribution >= 0.6 is 22.7 Å². The molecular formula is C28H25FO10S2. The monoisotopic (exact) mass is 604 g/mol. The Morgan fingerprint density at radius 1 is 0.707 bits per heavy atom. The van der Waals surface area contributed by atoms with E-state index in [0.29, 0.717) is 21.1 Å². The highest BCUT2D eigenvalue weighted by Crippen LogP contribution is 2.41. The molecule has 2 N–H and O–H groups in total. The number of hydrogen-bond acceptors (Lipinski definition) is 10. The standard InChI is InChI=1S/C28H25FO10S2/c1-36-18-12-21-14(10-23(40-21)16(30)3-5-25(32)33)9-19(18)38-7-8-39-28-20(37-2)13-22-15(27(28)29)11-24(41-22)17(31)4-6-26(34)35/h9-13H,3-8H2,1-2H3,(H,32,33)(H,34,35). The molecule has 10 nitrogen and oxygen atoms in total. The Morgan fingerprint density at radius 3 is 1.88 bits per heavy atom. The second-order valence-electron chi connectivity index (χ2n) is 8.73. The number of rotatable bonds is 15. The average molecular weight is 605 g/mol. The summed E-state index contributed by atoms with van der Waals surface area (Å²) in [6.07, 6.45) is -0.852. The van der Waals surface area contributed by atoms with Crippen LogP contribution in [0.25, 0.3) is 20.2 Å². The van der Waals surface area contributed by atoms with Gasteiger partial charge >= 0.3 is 11.9 Å². The normalized spacial score (nSPS) is 11.0. The first kappa shape index (κ1) is 29.7. The van der Waals surface area contributed by atoms with E-state index < -0.39 is 23.5 Å². The molecule has 4 aromatic rings. The second kappa shape index (κ2) is 13.0. The van der Waals surface area contributed by atoms with Gasteiger partial charge in [-0.15, -0.1) is 22.7 Å². The Morgan fingerprint density at radius 2 is 1.27 bits per heavy atom. The van der Waals surface area contributed by atoms with Crippen molar-refractivity contribution in [2.24, 2.45) is 0 Å². The van der Waals surface area contributed by atoms with Crippen molar-refractivity contribution in [1.82, 2.24) is 0 Å². The van der Waals surface area contributed by atoms with E-state index in [-0.39, 0.29) is 66.4 Å². The van der Waals surface area contributed by atoms with Crippen LogP contribution in [0.4, 0.5) is 4.39 Å². The van der Waals surface area contributed by atoms with Gasteiger partial charge in [0.05, 0.1) is 36.8 Å². The summed E-state index contributed by atoms with van der Waals surface area (Å²) >= 11 is 2.27. The molecule has 0 bridgehead atoms. The van der Waals surface area contributed by atoms with Crippen LogP contribution in [0.2, 0.25) is 0 Å². The first-order valence-electron chi connectivity index (χ1n) is 12.3. The first-order valence-corrected chi connectivity index (χ1v) is 13.9. The van der Waals surface area contributed by atoms with Crippen molar-refractivity contribution in [2.75, 3.05) is 27.4 Å². The number of aliphatic carboxylic acids is 2. The van der Waals surface area contributed by atoms with Crippen molar-refractivity contribution < 1.29 is 52.7 Å². The fourth-order valence-electron chi connectivity index (χ4n) is 3.96. The smallest absolute Gasteiger partial charge is 0.303 e. The lowest BCUT2D eigenvalue weighted by Crippen LogP contribution is -2.11. The molecule has 0 atom stereocenters. The molecule has 4 rings (SSSR count). The number of methoxy groups -OCH3 is 2. The summed E-state index contributed by atoms with van der Waals surface area (Å²) in [5.74, 6) is -2.76. The van der Waals surface area contributed by atoms with E-state index >= 15 is 4.39 Å². The Hall–Kier alpha value is -4.23. The molecule has 0 unspecified atom stereocenters. The van der Waals surface area contributed by atoms with Gasteiger partial charge < -0.3 is 29.2 Å². The molecule has 0 aliphatic carbocycles. The van der Waals surface area contributed by atoms with E-state index in [0.717, 1.165) is 21.4 Å². The molecule has 2 aromatic carbocycles. The van der Waals surface area contributed by atoms with Crippen molar-refractivity contribution in [2.45, 2.75) is 25.7 Å². The SMILES string of the molecule is COc1cc2sc(C(=O)CCC(=O)O)cc2cc1OCCOc1c(OC)cc2sc(C(=O)CCC(=O)O)cc2c1F. The number of fused-ring (bicyclic) bond motifs is 2. The van der Waals surface area contributed by atoms with Crippen molar-refractivity contribution in [3.8, 4) is 23.0 Å². The van der Waals surface area contributed by atoms with Gasteiger partial charge in [-0.25, -0.2) is 4.39 Å². The number of ketones is 2. The van der Waals surface area contributed by atoms with Crippen molar-refractivity contribution in [3.05, 3.63) is 45.9 Å². The van der Waals surface area contributed by atoms with Gasteiger partial charge in [0.15, 0.2) is 40.4 Å². The fraction of sp³-hybridized carbons (Fsp3) is 0.286. The molecule has 0 radical (unpaired) electrons. The van der Waals surface area contributed by atoms with Crippen molar-refractivity contribution >= 4 is 66.4 Å². The van der Waals surface area contributed by atoms with E-state index in [2.05, 4.69) is 0 Å². The van der Waals surface area contributed by atoms with Gasteiger partial charge in [-0.1, -0.05) is 0 Å². The maximum absolute atomic E-state index is 15.4. The molecule has 13 heteroatoms. The lowest BCUT2D eigenvalue weighted by atomic mass is 10.1. The third kappa shape index (κ3) is 6.92. The Balaban J connectivity index is 1.46. The van der Waals surface area contributed by atoms with E-state index in [1.807, 2.05) is 0 Å². The largest absolute Gasteiger partial charge is 0.493 e. The average Bonchev–Trinajstić information content (AvgIpc) is 3.57. The second-order valence-corrected chi connectivity index (χ2v) is 10.9. The molecule has 0 amide bonds. The summed E-state index contributed by atoms with van der Waals surface area (Å²) in [7, 11) is 2.83. The number of hydrogen-bond donors (Lipinski definition) is 2. The lowest BCUT2D eigenvalue weighted by molar-refractivity contribution is -0.137. The van der Waals surface area contributed by atoms with Crippen LogP contribution in [-0.2, 0) is 9.59 Å². The fourth-order valence-corrected chi connectivity index (χ4v) is 6.06. The van der Waals surface area contributed by atoms with Crippen LogP contribution in [0.1, 0.15) is 45.0 Å². The zero-order chi connectivity index (χ0) is 29.7. The van der Waals surface area contributed by atoms with Gasteiger partial charge in [0.25, 0.3) is 0 Å². The maximum Gasteiger partial charge on any atom is 0.303 e. The van der Waals surface area contributed by atoms with E-state index in [1.165, 1.54) is 31.6 Å². The predicted octanol–water partition coefficient (Wildman–Crippen LogP) is 5.83. The lowest BCUT2D eigenvalue weighted by Gasteiger charge is -2.14. The van der Waals surface area contributed by atoms with E-state index in [4.69, 9.17) is 29.2 Å². The van der Waals surface area contributed by atoms with Crippen molar-refractivity contribution in [1.29, 1.82) is 0 Å². The van der Waals surface area contributed by atoms with Crippen LogP contribution in [0, 0.1) is 5.82 Å². The van der Waals surface area contributed by atoms with E-state index in [9.17, 15) is 19.2 Å². The van der Waals surface area contributed by atoms with Gasteiger partial charge in [0, 0.05) is 39.8 Å². The number of benzene rings is 2. The molecule has 0 aliphatic rings. The Kier molecular flexibility index (Phi) is 9.40. The number of carbonyl (C=O) groups excluding carboxylic acids is 2. The van der Waals surface area contributed by atoms with Gasteiger partial charge in [-0.2, -0.15) is 0 Å². The van der Waals surface area contributed by atoms with Crippen LogP contribution in [0.3, 0.4) is 0 Å². The minimum atomic E-state index is -1.09. The minimum absolute atomic E-state index is 0.000401. The summed E-state index contributed by atoms with van der Waals surface area (Å²) in [6, 6.07) is 8.01. The highest BCUT2D eigenvalue weighted by atomic mass is 32.1. The molecule has 216 valence electrons. The van der Waals surface area contributed by atoms with Crippen LogP contribution in [0.5, 0.6) is 23.0 Å². The zero-order valence-corrected chi connectivity index (χ0v) is 23.6. The summed E-state index contributed by atoms with van der Waals surface area (Å²) in [5, 5.41) is 18.5. The molecule has 0 saturated carbocycles. The maximum atomic E-state index is 15.4. The molecule has 2 aromatic heterocycles. The number of carbonyl (C=O) groups is 4. The number of thiophene rings is 2. The van der Waals surface area contributed by atoms with E-state index in [1.54, 1.807) is 24.3 Å². The molecular weight excluding hydrogens is 579 g/mol. The summed E-state index contributed by atoms with van der Waals surface area (Å²) < 4.78 is 38.8. The summed E-state index contributed by atoms with van der Waals surface area (Å²) in [5.41, 5.74) is 0. The molecule has 0 saturated heterocycles. The van der Waals surface area contributed by atoms with Gasteiger partial charge in [-0.05, 0) is 23.6 Å². The van der Waals surface area contributed by atoms with Gasteiger partial charge in [-0.3, -0.25) is 19.2 Å². The third-order valence-electron chi connectivity index (χ3n) is 5.97. The molecule has 0 aliphatic heterocycles. The molecule has 0 fully saturated rings. The summed E-state index contributed by atoms with van der Waals surface area (Å²) in [6.45, 7) is -0.0727. The van der Waals surface area contributed by atoms with Crippen LogP contribution in [-0.4, -0.2) is 61.2 Å². The number of carboxylic acid groups (broad SMARTS) is 2. The third-order valence-corrected chi connectivity index (χ3v) is 8.24. The zero-order valence-electron chi connectivity index (χ0n) is 22.0. The first-order chi connectivity index (χ1) is 19.6.